The van der Waals surface area contributed by atoms with Crippen molar-refractivity contribution >= 4 is 17.4 Å². The van der Waals surface area contributed by atoms with Crippen molar-refractivity contribution in [1.82, 2.24) is 9.97 Å². The number of amides is 1. The molecule has 0 radical (unpaired) electrons. The first-order valence-electron chi connectivity index (χ1n) is 7.61. The number of hydrogen-bond acceptors (Lipinski definition) is 4. The van der Waals surface area contributed by atoms with Gasteiger partial charge in [-0.25, -0.2) is 9.97 Å². The Kier molecular flexibility index (Phi) is 5.43. The normalized spacial score (nSPS) is 21.8. The summed E-state index contributed by atoms with van der Waals surface area (Å²) in [5, 5.41) is 2.75. The molecule has 0 bridgehead atoms. The second kappa shape index (κ2) is 7.14. The molecule has 5 nitrogen and oxygen atoms in total. The summed E-state index contributed by atoms with van der Waals surface area (Å²) in [6.45, 7) is 0. The van der Waals surface area contributed by atoms with Crippen molar-refractivity contribution in [3.05, 3.63) is 12.5 Å². The first-order valence-corrected chi connectivity index (χ1v) is 7.61. The predicted molar refractivity (Wildman–Crippen MR) is 81.1 cm³/mol. The number of aromatic nitrogens is 2. The van der Waals surface area contributed by atoms with Crippen LogP contribution in [-0.4, -0.2) is 36.1 Å². The van der Waals surface area contributed by atoms with Gasteiger partial charge in [0.1, 0.15) is 12.0 Å². The first kappa shape index (κ1) is 17.5. The van der Waals surface area contributed by atoms with Crippen LogP contribution in [0, 0.1) is 11.8 Å². The highest BCUT2D eigenvalue weighted by atomic mass is 19.4. The largest absolute Gasteiger partial charge is 0.391 e. The Bertz CT molecular complexity index is 540. The molecule has 2 rings (SSSR count). The molecule has 1 aliphatic rings. The highest BCUT2D eigenvalue weighted by Crippen LogP contribution is 2.40. The molecule has 128 valence electrons. The van der Waals surface area contributed by atoms with Crippen LogP contribution in [0.5, 0.6) is 0 Å². The van der Waals surface area contributed by atoms with Crippen LogP contribution < -0.4 is 10.2 Å². The van der Waals surface area contributed by atoms with E-state index in [-0.39, 0.29) is 31.1 Å². The number of carbonyl (C=O) groups is 1. The van der Waals surface area contributed by atoms with E-state index in [1.165, 1.54) is 12.5 Å². The average Bonchev–Trinajstić information content (AvgIpc) is 2.47. The van der Waals surface area contributed by atoms with Gasteiger partial charge >= 0.3 is 6.18 Å². The maximum atomic E-state index is 12.6. The van der Waals surface area contributed by atoms with Gasteiger partial charge in [-0.2, -0.15) is 13.2 Å². The number of nitrogens with one attached hydrogen (secondary N) is 1. The van der Waals surface area contributed by atoms with E-state index >= 15 is 0 Å². The van der Waals surface area contributed by atoms with Crippen LogP contribution in [0.15, 0.2) is 12.5 Å². The highest BCUT2D eigenvalue weighted by Gasteiger charge is 2.41. The fourth-order valence-corrected chi connectivity index (χ4v) is 2.93. The number of hydrogen-bond donors (Lipinski definition) is 1. The minimum Gasteiger partial charge on any atom is -0.361 e. The SMILES string of the molecule is CN(C)c1ncncc1NC(=O)CC1CCC(C(F)(F)F)CC1. The third kappa shape index (κ3) is 4.80. The molecule has 0 spiro atoms. The van der Waals surface area contributed by atoms with Gasteiger partial charge in [-0.3, -0.25) is 4.79 Å². The van der Waals surface area contributed by atoms with Crippen molar-refractivity contribution in [2.75, 3.05) is 24.3 Å². The highest BCUT2D eigenvalue weighted by molar-refractivity contribution is 5.93. The Morgan fingerprint density at radius 3 is 2.52 bits per heavy atom. The van der Waals surface area contributed by atoms with Crippen LogP contribution >= 0.6 is 0 Å². The number of halogens is 3. The minimum atomic E-state index is -4.12. The fourth-order valence-electron chi connectivity index (χ4n) is 2.93. The lowest BCUT2D eigenvalue weighted by molar-refractivity contribution is -0.183. The molecule has 1 aromatic heterocycles. The molecule has 0 unspecified atom stereocenters. The molecule has 23 heavy (non-hydrogen) atoms. The molecule has 1 amide bonds. The summed E-state index contributed by atoms with van der Waals surface area (Å²) in [5.41, 5.74) is 0.506. The van der Waals surface area contributed by atoms with Gasteiger partial charge in [-0.15, -0.1) is 0 Å². The first-order chi connectivity index (χ1) is 10.8. The van der Waals surface area contributed by atoms with Crippen LogP contribution in [0.25, 0.3) is 0 Å². The van der Waals surface area contributed by atoms with Crippen molar-refractivity contribution in [3.8, 4) is 0 Å². The molecule has 0 atom stereocenters. The van der Waals surface area contributed by atoms with Gasteiger partial charge in [0.15, 0.2) is 5.82 Å². The van der Waals surface area contributed by atoms with Crippen LogP contribution in [0.4, 0.5) is 24.7 Å². The Morgan fingerprint density at radius 2 is 1.96 bits per heavy atom. The monoisotopic (exact) mass is 330 g/mol. The van der Waals surface area contributed by atoms with E-state index < -0.39 is 12.1 Å². The number of rotatable bonds is 4. The van der Waals surface area contributed by atoms with Crippen molar-refractivity contribution < 1.29 is 18.0 Å². The second-order valence-corrected chi connectivity index (χ2v) is 6.17. The maximum Gasteiger partial charge on any atom is 0.391 e. The molecular formula is C15H21F3N4O. The molecular weight excluding hydrogens is 309 g/mol. The maximum absolute atomic E-state index is 12.6. The van der Waals surface area contributed by atoms with Crippen molar-refractivity contribution in [1.29, 1.82) is 0 Å². The average molecular weight is 330 g/mol. The molecule has 1 fully saturated rings. The number of alkyl halides is 3. The zero-order valence-electron chi connectivity index (χ0n) is 13.2. The Labute approximate surface area is 133 Å². The Morgan fingerprint density at radius 1 is 1.30 bits per heavy atom. The predicted octanol–water partition coefficient (Wildman–Crippen LogP) is 3.24. The van der Waals surface area contributed by atoms with E-state index in [4.69, 9.17) is 0 Å². The van der Waals surface area contributed by atoms with E-state index in [9.17, 15) is 18.0 Å². The van der Waals surface area contributed by atoms with Gasteiger partial charge in [-0.1, -0.05) is 0 Å². The molecule has 1 heterocycles. The van der Waals surface area contributed by atoms with E-state index in [0.29, 0.717) is 24.3 Å². The van der Waals surface area contributed by atoms with Gasteiger partial charge < -0.3 is 10.2 Å². The zero-order chi connectivity index (χ0) is 17.0. The van der Waals surface area contributed by atoms with E-state index in [2.05, 4.69) is 15.3 Å². The van der Waals surface area contributed by atoms with Crippen molar-refractivity contribution in [2.24, 2.45) is 11.8 Å². The molecule has 1 aromatic rings. The lowest BCUT2D eigenvalue weighted by Gasteiger charge is -2.29. The van der Waals surface area contributed by atoms with E-state index in [0.717, 1.165) is 0 Å². The van der Waals surface area contributed by atoms with E-state index in [1.807, 2.05) is 0 Å². The van der Waals surface area contributed by atoms with Gasteiger partial charge in [0.05, 0.1) is 12.1 Å². The van der Waals surface area contributed by atoms with Crippen LogP contribution in [-0.2, 0) is 4.79 Å². The van der Waals surface area contributed by atoms with Crippen molar-refractivity contribution in [3.63, 3.8) is 0 Å². The molecule has 0 saturated heterocycles. The lowest BCUT2D eigenvalue weighted by atomic mass is 9.80. The molecule has 1 saturated carbocycles. The third-order valence-electron chi connectivity index (χ3n) is 4.17. The molecule has 0 aromatic carbocycles. The van der Waals surface area contributed by atoms with E-state index in [1.54, 1.807) is 19.0 Å². The second-order valence-electron chi connectivity index (χ2n) is 6.17. The number of carbonyl (C=O) groups excluding carboxylic acids is 1. The Hall–Kier alpha value is -1.86. The summed E-state index contributed by atoms with van der Waals surface area (Å²) < 4.78 is 37.9. The molecule has 1 N–H and O–H groups in total. The topological polar surface area (TPSA) is 58.1 Å². The van der Waals surface area contributed by atoms with Gasteiger partial charge in [0.2, 0.25) is 5.91 Å². The summed E-state index contributed by atoms with van der Waals surface area (Å²) in [6.07, 6.45) is 0.107. The zero-order valence-corrected chi connectivity index (χ0v) is 13.2. The van der Waals surface area contributed by atoms with Crippen LogP contribution in [0.2, 0.25) is 0 Å². The van der Waals surface area contributed by atoms with Gasteiger partial charge in [0.25, 0.3) is 0 Å². The number of anilines is 2. The Balaban J connectivity index is 1.87. The molecule has 1 aliphatic carbocycles. The summed E-state index contributed by atoms with van der Waals surface area (Å²) in [4.78, 5) is 21.9. The summed E-state index contributed by atoms with van der Waals surface area (Å²) in [7, 11) is 3.60. The molecule has 0 aliphatic heterocycles. The van der Waals surface area contributed by atoms with Crippen LogP contribution in [0.3, 0.4) is 0 Å². The third-order valence-corrected chi connectivity index (χ3v) is 4.17. The summed E-state index contributed by atoms with van der Waals surface area (Å²) in [6, 6.07) is 0. The smallest absolute Gasteiger partial charge is 0.361 e. The quantitative estimate of drug-likeness (QED) is 0.921. The molecule has 8 heteroatoms. The fraction of sp³-hybridized carbons (Fsp3) is 0.667. The minimum absolute atomic E-state index is 0.000960. The van der Waals surface area contributed by atoms with Crippen LogP contribution in [0.1, 0.15) is 32.1 Å². The summed E-state index contributed by atoms with van der Waals surface area (Å²) in [5.74, 6) is -0.835. The van der Waals surface area contributed by atoms with Gasteiger partial charge in [-0.05, 0) is 31.6 Å². The number of nitrogens with zero attached hydrogens (tertiary/aromatic N) is 3. The lowest BCUT2D eigenvalue weighted by Crippen LogP contribution is -2.29. The van der Waals surface area contributed by atoms with Crippen molar-refractivity contribution in [2.45, 2.75) is 38.3 Å². The van der Waals surface area contributed by atoms with Gasteiger partial charge in [0, 0.05) is 20.5 Å². The summed E-state index contributed by atoms with van der Waals surface area (Å²) >= 11 is 0. The standard InChI is InChI=1S/C15H21F3N4O/c1-22(2)14-12(8-19-9-20-14)21-13(23)7-10-3-5-11(6-4-10)15(16,17)18/h8-11H,3-7H2,1-2H3,(H,21,23).